The van der Waals surface area contributed by atoms with E-state index in [1.165, 1.54) is 5.56 Å². The summed E-state index contributed by atoms with van der Waals surface area (Å²) in [4.78, 5) is 14.1. The number of carboxylic acid groups (broad SMARTS) is 1. The Labute approximate surface area is 237 Å². The van der Waals surface area contributed by atoms with Gasteiger partial charge in [0, 0.05) is 10.0 Å². The molecule has 0 spiro atoms. The van der Waals surface area contributed by atoms with Crippen molar-refractivity contribution < 1.29 is 14.6 Å². The summed E-state index contributed by atoms with van der Waals surface area (Å²) in [5.74, 6) is 0.0801. The molecule has 1 atom stereocenters. The highest BCUT2D eigenvalue weighted by Crippen LogP contribution is 2.49. The first kappa shape index (κ1) is 26.6. The second-order valence-corrected chi connectivity index (χ2v) is 11.5. The lowest BCUT2D eigenvalue weighted by Crippen LogP contribution is -2.38. The second kappa shape index (κ2) is 11.4. The van der Waals surface area contributed by atoms with Crippen LogP contribution in [-0.2, 0) is 0 Å². The Hall–Kier alpha value is -1.95. The molecule has 1 saturated heterocycles. The Morgan fingerprint density at radius 2 is 1.54 bits per heavy atom. The van der Waals surface area contributed by atoms with Crippen LogP contribution in [0, 0.1) is 5.92 Å². The molecular weight excluding hydrogens is 552 g/mol. The number of likely N-dealkylation sites (tertiary alicyclic amines) is 1. The second-order valence-electron chi connectivity index (χ2n) is 9.86. The highest BCUT2D eigenvalue weighted by atomic mass is 35.5. The van der Waals surface area contributed by atoms with E-state index < -0.39 is 5.97 Å². The summed E-state index contributed by atoms with van der Waals surface area (Å²) in [5.41, 5.74) is 3.16. The van der Waals surface area contributed by atoms with Crippen molar-refractivity contribution in [2.45, 2.75) is 37.6 Å². The first-order chi connectivity index (χ1) is 17.8. The minimum atomic E-state index is -1.08. The number of rotatable bonds is 8. The van der Waals surface area contributed by atoms with Crippen molar-refractivity contribution in [3.8, 4) is 5.75 Å². The molecule has 2 fully saturated rings. The molecule has 37 heavy (non-hydrogen) atoms. The van der Waals surface area contributed by atoms with Crippen LogP contribution in [0.15, 0.2) is 54.6 Å². The van der Waals surface area contributed by atoms with Gasteiger partial charge in [0.1, 0.15) is 10.8 Å². The molecule has 0 bridgehead atoms. The van der Waals surface area contributed by atoms with Gasteiger partial charge in [0.2, 0.25) is 0 Å². The van der Waals surface area contributed by atoms with E-state index in [1.54, 1.807) is 12.1 Å². The van der Waals surface area contributed by atoms with Crippen molar-refractivity contribution in [1.82, 2.24) is 4.90 Å². The lowest BCUT2D eigenvalue weighted by molar-refractivity contribution is 0.0697. The highest BCUT2D eigenvalue weighted by Gasteiger charge is 2.33. The van der Waals surface area contributed by atoms with Gasteiger partial charge in [-0.25, -0.2) is 4.79 Å². The monoisotopic (exact) mass is 577 g/mol. The van der Waals surface area contributed by atoms with Crippen LogP contribution < -0.4 is 4.74 Å². The van der Waals surface area contributed by atoms with Crippen LogP contribution in [0.4, 0.5) is 0 Å². The van der Waals surface area contributed by atoms with Crippen LogP contribution in [0.1, 0.15) is 64.7 Å². The zero-order valence-electron chi connectivity index (χ0n) is 20.1. The van der Waals surface area contributed by atoms with Crippen molar-refractivity contribution in [2.24, 2.45) is 5.92 Å². The van der Waals surface area contributed by atoms with E-state index in [1.807, 2.05) is 18.2 Å². The van der Waals surface area contributed by atoms with Crippen LogP contribution in [0.5, 0.6) is 5.75 Å². The number of hydrogen-bond acceptors (Lipinski definition) is 3. The fourth-order valence-electron chi connectivity index (χ4n) is 5.19. The van der Waals surface area contributed by atoms with Gasteiger partial charge in [0.15, 0.2) is 0 Å². The molecule has 0 radical (unpaired) electrons. The lowest BCUT2D eigenvalue weighted by atomic mass is 9.91. The fourth-order valence-corrected chi connectivity index (χ4v) is 6.22. The van der Waals surface area contributed by atoms with Crippen molar-refractivity contribution in [1.29, 1.82) is 0 Å². The largest absolute Gasteiger partial charge is 0.491 e. The SMILES string of the molecule is O=C(O)c1cc(C2CC2)c(OCC2CCN(C(c3ccccc3)c3cc(Cl)cc(Cl)c3)CC2)c(Cl)c1Cl. The topological polar surface area (TPSA) is 49.8 Å². The molecule has 194 valence electrons. The van der Waals surface area contributed by atoms with Gasteiger partial charge in [-0.15, -0.1) is 0 Å². The predicted molar refractivity (Wildman–Crippen MR) is 150 cm³/mol. The number of nitrogens with zero attached hydrogens (tertiary/aromatic N) is 1. The van der Waals surface area contributed by atoms with Gasteiger partial charge in [-0.3, -0.25) is 4.90 Å². The first-order valence-electron chi connectivity index (χ1n) is 12.4. The van der Waals surface area contributed by atoms with Crippen LogP contribution in [0.2, 0.25) is 20.1 Å². The van der Waals surface area contributed by atoms with Crippen molar-refractivity contribution in [2.75, 3.05) is 19.7 Å². The quantitative estimate of drug-likeness (QED) is 0.290. The molecule has 1 unspecified atom stereocenters. The minimum Gasteiger partial charge on any atom is -0.491 e. The molecule has 0 aromatic heterocycles. The van der Waals surface area contributed by atoms with E-state index in [2.05, 4.69) is 29.2 Å². The summed E-state index contributed by atoms with van der Waals surface area (Å²) in [6, 6.07) is 17.8. The van der Waals surface area contributed by atoms with E-state index in [4.69, 9.17) is 51.1 Å². The summed E-state index contributed by atoms with van der Waals surface area (Å²) in [6.45, 7) is 2.29. The molecule has 1 N–H and O–H groups in total. The molecule has 1 heterocycles. The molecule has 5 rings (SSSR count). The van der Waals surface area contributed by atoms with Crippen LogP contribution in [-0.4, -0.2) is 35.7 Å². The molecule has 8 heteroatoms. The van der Waals surface area contributed by atoms with E-state index in [-0.39, 0.29) is 27.6 Å². The lowest BCUT2D eigenvalue weighted by Gasteiger charge is -2.38. The Bertz CT molecular complexity index is 1270. The summed E-state index contributed by atoms with van der Waals surface area (Å²) in [6.07, 6.45) is 3.91. The maximum atomic E-state index is 11.6. The van der Waals surface area contributed by atoms with Crippen LogP contribution in [0.25, 0.3) is 0 Å². The van der Waals surface area contributed by atoms with Crippen LogP contribution in [0.3, 0.4) is 0 Å². The smallest absolute Gasteiger partial charge is 0.337 e. The summed E-state index contributed by atoms with van der Waals surface area (Å²) in [5, 5.41) is 11.0. The highest BCUT2D eigenvalue weighted by molar-refractivity contribution is 6.44. The average molecular weight is 579 g/mol. The zero-order chi connectivity index (χ0) is 26.1. The third kappa shape index (κ3) is 6.05. The molecule has 1 saturated carbocycles. The Balaban J connectivity index is 1.30. The molecule has 4 nitrogen and oxygen atoms in total. The van der Waals surface area contributed by atoms with Crippen molar-refractivity contribution in [3.05, 3.63) is 96.9 Å². The molecule has 2 aliphatic rings. The molecule has 3 aromatic rings. The molecule has 3 aromatic carbocycles. The number of ether oxygens (including phenoxy) is 1. The molecule has 0 amide bonds. The number of piperidine rings is 1. The van der Waals surface area contributed by atoms with E-state index in [0.717, 1.165) is 49.9 Å². The van der Waals surface area contributed by atoms with Gasteiger partial charge in [0.05, 0.1) is 23.2 Å². The predicted octanol–water partition coefficient (Wildman–Crippen LogP) is 8.76. The summed E-state index contributed by atoms with van der Waals surface area (Å²) in [7, 11) is 0. The van der Waals surface area contributed by atoms with Crippen LogP contribution >= 0.6 is 46.4 Å². The minimum absolute atomic E-state index is 0.0299. The Kier molecular flexibility index (Phi) is 8.23. The number of carboxylic acids is 1. The number of hydrogen-bond donors (Lipinski definition) is 1. The zero-order valence-corrected chi connectivity index (χ0v) is 23.1. The van der Waals surface area contributed by atoms with E-state index >= 15 is 0 Å². The Morgan fingerprint density at radius 3 is 2.14 bits per heavy atom. The van der Waals surface area contributed by atoms with Crippen molar-refractivity contribution in [3.63, 3.8) is 0 Å². The van der Waals surface area contributed by atoms with Gasteiger partial charge in [-0.1, -0.05) is 76.7 Å². The molecular formula is C29H27Cl4NO3. The van der Waals surface area contributed by atoms with E-state index in [0.29, 0.717) is 28.3 Å². The average Bonchev–Trinajstić information content (AvgIpc) is 3.71. The third-order valence-electron chi connectivity index (χ3n) is 7.23. The normalized spacial score (nSPS) is 17.5. The van der Waals surface area contributed by atoms with Gasteiger partial charge in [0.25, 0.3) is 0 Å². The molecule has 1 aliphatic heterocycles. The first-order valence-corrected chi connectivity index (χ1v) is 14.0. The number of benzene rings is 3. The molecule has 1 aliphatic carbocycles. The maximum Gasteiger partial charge on any atom is 0.337 e. The number of carbonyl (C=O) groups is 1. The van der Waals surface area contributed by atoms with E-state index in [9.17, 15) is 9.90 Å². The van der Waals surface area contributed by atoms with Gasteiger partial charge in [-0.05, 0) is 91.6 Å². The Morgan fingerprint density at radius 1 is 0.892 bits per heavy atom. The standard InChI is InChI=1S/C29H27Cl4NO3/c30-21-12-20(13-22(31)14-21)27(19-4-2-1-3-5-19)34-10-8-17(9-11-34)16-37-28-23(18-6-7-18)15-24(29(35)36)25(32)26(28)33/h1-5,12-15,17-18,27H,6-11,16H2,(H,35,36). The van der Waals surface area contributed by atoms with Gasteiger partial charge < -0.3 is 9.84 Å². The summed E-state index contributed by atoms with van der Waals surface area (Å²) < 4.78 is 6.26. The fraction of sp³-hybridized carbons (Fsp3) is 0.345. The van der Waals surface area contributed by atoms with Crippen molar-refractivity contribution >= 4 is 52.4 Å². The van der Waals surface area contributed by atoms with Gasteiger partial charge in [-0.2, -0.15) is 0 Å². The van der Waals surface area contributed by atoms with Gasteiger partial charge >= 0.3 is 5.97 Å². The number of aromatic carboxylic acids is 1. The number of halogens is 4. The summed E-state index contributed by atoms with van der Waals surface area (Å²) >= 11 is 25.5. The maximum absolute atomic E-state index is 11.6. The third-order valence-corrected chi connectivity index (χ3v) is 8.52.